The molecule has 0 bridgehead atoms. The molecule has 18 heavy (non-hydrogen) atoms. The number of hydrogen-bond acceptors (Lipinski definition) is 4. The van der Waals surface area contributed by atoms with Crippen LogP contribution >= 0.6 is 0 Å². The average molecular weight is 253 g/mol. The number of hydrogen-bond donors (Lipinski definition) is 1. The molecule has 0 spiro atoms. The highest BCUT2D eigenvalue weighted by molar-refractivity contribution is 5.92. The lowest BCUT2D eigenvalue weighted by molar-refractivity contribution is 0.0596. The molecule has 0 radical (unpaired) electrons. The Morgan fingerprint density at radius 1 is 1.44 bits per heavy atom. The first-order chi connectivity index (χ1) is 8.54. The van der Waals surface area contributed by atoms with Crippen molar-refractivity contribution in [1.82, 2.24) is 9.55 Å². The summed E-state index contributed by atoms with van der Waals surface area (Å²) in [5.74, 6) is -2.18. The molecule has 0 fully saturated rings. The second-order valence-electron chi connectivity index (χ2n) is 3.44. The van der Waals surface area contributed by atoms with E-state index in [2.05, 4.69) is 9.72 Å². The van der Waals surface area contributed by atoms with Crippen molar-refractivity contribution in [3.05, 3.63) is 41.9 Å². The highest BCUT2D eigenvalue weighted by Crippen LogP contribution is 2.21. The van der Waals surface area contributed by atoms with Gasteiger partial charge in [0.15, 0.2) is 5.69 Å². The van der Waals surface area contributed by atoms with Gasteiger partial charge in [-0.05, 0) is 12.1 Å². The Labute approximate surface area is 101 Å². The Bertz CT molecular complexity index is 610. The second kappa shape index (κ2) is 4.44. The molecule has 2 N–H and O–H groups in total. The molecular formula is C11H9F2N3O2. The van der Waals surface area contributed by atoms with Crippen LogP contribution in [-0.4, -0.2) is 22.6 Å². The number of esters is 1. The van der Waals surface area contributed by atoms with Gasteiger partial charge in [0.1, 0.15) is 23.8 Å². The highest BCUT2D eigenvalue weighted by atomic mass is 19.1. The largest absolute Gasteiger partial charge is 0.464 e. The van der Waals surface area contributed by atoms with E-state index < -0.39 is 17.6 Å². The first kappa shape index (κ1) is 12.0. The lowest BCUT2D eigenvalue weighted by Crippen LogP contribution is -2.08. The maximum atomic E-state index is 13.5. The molecule has 1 heterocycles. The molecular weight excluding hydrogens is 244 g/mol. The van der Waals surface area contributed by atoms with Gasteiger partial charge in [-0.2, -0.15) is 0 Å². The summed E-state index contributed by atoms with van der Waals surface area (Å²) in [7, 11) is 1.17. The number of carbonyl (C=O) groups is 1. The van der Waals surface area contributed by atoms with Crippen LogP contribution < -0.4 is 5.73 Å². The lowest BCUT2D eigenvalue weighted by Gasteiger charge is -2.06. The van der Waals surface area contributed by atoms with E-state index in [4.69, 9.17) is 5.73 Å². The Hall–Kier alpha value is -2.44. The number of benzene rings is 1. The molecule has 0 aliphatic heterocycles. The quantitative estimate of drug-likeness (QED) is 0.824. The molecule has 1 aromatic carbocycles. The van der Waals surface area contributed by atoms with Crippen LogP contribution in [0.1, 0.15) is 10.5 Å². The first-order valence-electron chi connectivity index (χ1n) is 4.91. The molecule has 2 aromatic rings. The van der Waals surface area contributed by atoms with Gasteiger partial charge in [0.05, 0.1) is 12.8 Å². The third kappa shape index (κ3) is 1.90. The molecule has 0 aliphatic carbocycles. The highest BCUT2D eigenvalue weighted by Gasteiger charge is 2.18. The van der Waals surface area contributed by atoms with Crippen molar-refractivity contribution in [1.29, 1.82) is 0 Å². The van der Waals surface area contributed by atoms with Crippen LogP contribution in [0.5, 0.6) is 0 Å². The van der Waals surface area contributed by atoms with Gasteiger partial charge in [0, 0.05) is 6.07 Å². The number of aromatic nitrogens is 2. The van der Waals surface area contributed by atoms with Crippen LogP contribution in [0.25, 0.3) is 5.69 Å². The van der Waals surface area contributed by atoms with Gasteiger partial charge in [-0.1, -0.05) is 0 Å². The number of anilines is 1. The Morgan fingerprint density at radius 3 is 2.83 bits per heavy atom. The molecule has 1 aromatic heterocycles. The predicted molar refractivity (Wildman–Crippen MR) is 59.2 cm³/mol. The van der Waals surface area contributed by atoms with Crippen molar-refractivity contribution < 1.29 is 18.3 Å². The number of nitrogens with zero attached hydrogens (tertiary/aromatic N) is 2. The fourth-order valence-electron chi connectivity index (χ4n) is 1.47. The smallest absolute Gasteiger partial charge is 0.360 e. The van der Waals surface area contributed by atoms with Crippen LogP contribution in [0.3, 0.4) is 0 Å². The number of rotatable bonds is 2. The van der Waals surface area contributed by atoms with Gasteiger partial charge in [-0.25, -0.2) is 18.6 Å². The molecule has 0 saturated heterocycles. The molecule has 0 aliphatic rings. The fourth-order valence-corrected chi connectivity index (χ4v) is 1.47. The van der Waals surface area contributed by atoms with Gasteiger partial charge >= 0.3 is 5.97 Å². The molecule has 0 unspecified atom stereocenters. The molecule has 2 rings (SSSR count). The van der Waals surface area contributed by atoms with E-state index in [0.29, 0.717) is 0 Å². The Morgan fingerprint density at radius 2 is 2.17 bits per heavy atom. The minimum Gasteiger partial charge on any atom is -0.464 e. The summed E-state index contributed by atoms with van der Waals surface area (Å²) in [5, 5.41) is 0. The number of methoxy groups -OCH3 is 1. The van der Waals surface area contributed by atoms with Crippen molar-refractivity contribution in [3.8, 4) is 5.69 Å². The van der Waals surface area contributed by atoms with E-state index in [9.17, 15) is 13.6 Å². The van der Waals surface area contributed by atoms with E-state index in [-0.39, 0.29) is 17.2 Å². The Balaban J connectivity index is 2.55. The normalized spacial score (nSPS) is 10.4. The average Bonchev–Trinajstić information content (AvgIpc) is 2.73. The molecule has 94 valence electrons. The predicted octanol–water partition coefficient (Wildman–Crippen LogP) is 1.52. The summed E-state index contributed by atoms with van der Waals surface area (Å²) in [4.78, 5) is 15.0. The summed E-state index contributed by atoms with van der Waals surface area (Å²) >= 11 is 0. The molecule has 0 amide bonds. The van der Waals surface area contributed by atoms with Crippen LogP contribution in [-0.2, 0) is 4.74 Å². The van der Waals surface area contributed by atoms with Crippen molar-refractivity contribution >= 4 is 11.8 Å². The summed E-state index contributed by atoms with van der Waals surface area (Å²) < 4.78 is 32.1. The third-order valence-electron chi connectivity index (χ3n) is 2.35. The number of nitrogen functional groups attached to an aromatic ring is 1. The number of ether oxygens (including phenoxy) is 1. The van der Waals surface area contributed by atoms with E-state index in [0.717, 1.165) is 29.1 Å². The van der Waals surface area contributed by atoms with Crippen LogP contribution in [0.4, 0.5) is 14.6 Å². The van der Waals surface area contributed by atoms with Gasteiger partial charge < -0.3 is 10.5 Å². The van der Waals surface area contributed by atoms with E-state index in [1.54, 1.807) is 0 Å². The zero-order valence-corrected chi connectivity index (χ0v) is 9.35. The number of nitrogens with two attached hydrogens (primary N) is 1. The zero-order valence-electron chi connectivity index (χ0n) is 9.35. The molecule has 0 saturated carbocycles. The topological polar surface area (TPSA) is 70.1 Å². The van der Waals surface area contributed by atoms with Gasteiger partial charge in [-0.15, -0.1) is 0 Å². The van der Waals surface area contributed by atoms with Crippen molar-refractivity contribution in [2.75, 3.05) is 12.8 Å². The van der Waals surface area contributed by atoms with Crippen molar-refractivity contribution in [3.63, 3.8) is 0 Å². The first-order valence-corrected chi connectivity index (χ1v) is 4.91. The van der Waals surface area contributed by atoms with Gasteiger partial charge in [-0.3, -0.25) is 4.57 Å². The monoisotopic (exact) mass is 253 g/mol. The fraction of sp³-hybridized carbons (Fsp3) is 0.0909. The van der Waals surface area contributed by atoms with Crippen LogP contribution in [0.2, 0.25) is 0 Å². The van der Waals surface area contributed by atoms with Crippen molar-refractivity contribution in [2.45, 2.75) is 0 Å². The summed E-state index contributed by atoms with van der Waals surface area (Å²) in [5.41, 5.74) is 5.36. The number of imidazole rings is 1. The molecule has 5 nitrogen and oxygen atoms in total. The van der Waals surface area contributed by atoms with Crippen LogP contribution in [0, 0.1) is 11.6 Å². The van der Waals surface area contributed by atoms with Gasteiger partial charge in [0.2, 0.25) is 0 Å². The lowest BCUT2D eigenvalue weighted by atomic mass is 10.3. The second-order valence-corrected chi connectivity index (χ2v) is 3.44. The minimum absolute atomic E-state index is 0.119. The van der Waals surface area contributed by atoms with Crippen molar-refractivity contribution in [2.24, 2.45) is 0 Å². The van der Waals surface area contributed by atoms with Gasteiger partial charge in [0.25, 0.3) is 0 Å². The summed E-state index contributed by atoms with van der Waals surface area (Å²) in [6.07, 6.45) is 1.12. The van der Waals surface area contributed by atoms with E-state index in [1.165, 1.54) is 7.11 Å². The third-order valence-corrected chi connectivity index (χ3v) is 2.35. The van der Waals surface area contributed by atoms with E-state index in [1.807, 2.05) is 0 Å². The Kier molecular flexibility index (Phi) is 2.97. The SMILES string of the molecule is COC(=O)c1ncn(-c2cc(F)ccc2F)c1N. The van der Waals surface area contributed by atoms with Crippen LogP contribution in [0.15, 0.2) is 24.5 Å². The zero-order chi connectivity index (χ0) is 13.3. The minimum atomic E-state index is -0.747. The standard InChI is InChI=1S/C11H9F2N3O2/c1-18-11(17)9-10(14)16(5-15-9)8-4-6(12)2-3-7(8)13/h2-5H,14H2,1H3. The maximum Gasteiger partial charge on any atom is 0.360 e. The maximum absolute atomic E-state index is 13.5. The molecule has 7 heteroatoms. The molecule has 0 atom stereocenters. The number of halogens is 2. The summed E-state index contributed by atoms with van der Waals surface area (Å²) in [6.45, 7) is 0. The van der Waals surface area contributed by atoms with E-state index >= 15 is 0 Å². The summed E-state index contributed by atoms with van der Waals surface area (Å²) in [6, 6.07) is 2.89. The number of carbonyl (C=O) groups excluding carboxylic acids is 1.